The fraction of sp³-hybridized carbons (Fsp3) is 0.476. The molecule has 3 aromatic rings. The summed E-state index contributed by atoms with van der Waals surface area (Å²) in [6, 6.07) is 6.75. The van der Waals surface area contributed by atoms with Crippen molar-refractivity contribution in [3.63, 3.8) is 0 Å². The van der Waals surface area contributed by atoms with Gasteiger partial charge < -0.3 is 9.88 Å². The minimum Gasteiger partial charge on any atom is -0.383 e. The molecule has 1 aliphatic rings. The van der Waals surface area contributed by atoms with Gasteiger partial charge in [-0.3, -0.25) is 13.9 Å². The Kier molecular flexibility index (Phi) is 6.20. The van der Waals surface area contributed by atoms with Crippen LogP contribution in [0, 0.1) is 0 Å². The Balaban J connectivity index is 1.44. The molecule has 0 atom stereocenters. The second kappa shape index (κ2) is 8.91. The predicted octanol–water partition coefficient (Wildman–Crippen LogP) is 1.11. The number of fused-ring (bicyclic) bond motifs is 1. The lowest BCUT2D eigenvalue weighted by molar-refractivity contribution is 0.424. The molecule has 1 aromatic carbocycles. The molecule has 0 saturated carbocycles. The van der Waals surface area contributed by atoms with E-state index in [1.807, 2.05) is 0 Å². The molecule has 1 fully saturated rings. The highest BCUT2D eigenvalue weighted by Crippen LogP contribution is 2.21. The topological polar surface area (TPSA) is 111 Å². The highest BCUT2D eigenvalue weighted by molar-refractivity contribution is 7.89. The zero-order valence-electron chi connectivity index (χ0n) is 18.3. The molecule has 1 aliphatic heterocycles. The van der Waals surface area contributed by atoms with Gasteiger partial charge in [-0.2, -0.15) is 4.31 Å². The van der Waals surface area contributed by atoms with E-state index in [-0.39, 0.29) is 5.56 Å². The molecule has 0 radical (unpaired) electrons. The van der Waals surface area contributed by atoms with Gasteiger partial charge in [0.05, 0.1) is 11.2 Å². The van der Waals surface area contributed by atoms with E-state index in [0.717, 1.165) is 35.9 Å². The summed E-state index contributed by atoms with van der Waals surface area (Å²) in [5.41, 5.74) is 0.700. The van der Waals surface area contributed by atoms with E-state index in [9.17, 15) is 18.0 Å². The number of nitrogens with zero attached hydrogens (tertiary/aromatic N) is 5. The zero-order valence-corrected chi connectivity index (χ0v) is 19.1. The van der Waals surface area contributed by atoms with Crippen LogP contribution in [0.1, 0.15) is 25.7 Å². The molecule has 10 nitrogen and oxygen atoms in total. The van der Waals surface area contributed by atoms with E-state index in [4.69, 9.17) is 0 Å². The molecule has 2 aromatic heterocycles. The molecular formula is C21H28N6O4S. The monoisotopic (exact) mass is 460 g/mol. The number of aromatic nitrogens is 4. The van der Waals surface area contributed by atoms with E-state index in [1.54, 1.807) is 46.5 Å². The number of rotatable bonds is 6. The van der Waals surface area contributed by atoms with E-state index in [2.05, 4.69) is 10.3 Å². The fourth-order valence-corrected chi connectivity index (χ4v) is 5.58. The second-order valence-corrected chi connectivity index (χ2v) is 10.0. The molecule has 0 amide bonds. The summed E-state index contributed by atoms with van der Waals surface area (Å²) in [5.74, 6) is 0. The normalized spacial score (nSPS) is 15.7. The van der Waals surface area contributed by atoms with Gasteiger partial charge in [-0.15, -0.1) is 0 Å². The fourth-order valence-electron chi connectivity index (χ4n) is 4.06. The number of aryl methyl sites for hydroxylation is 1. The van der Waals surface area contributed by atoms with Crippen molar-refractivity contribution < 1.29 is 8.42 Å². The molecule has 0 spiro atoms. The Morgan fingerprint density at radius 2 is 1.62 bits per heavy atom. The molecule has 4 rings (SSSR count). The standard InChI is InChI=1S/C21H28N6O4S/c1-24-19-18(20(28)25(2)21(24)29)26(15-23-19)14-11-22-16-7-9-17(10-8-16)32(30,31)27-12-5-3-4-6-13-27/h7-10,15,22H,3-6,11-14H2,1-2H3. The summed E-state index contributed by atoms with van der Waals surface area (Å²) < 4.78 is 31.5. The van der Waals surface area contributed by atoms with Crippen molar-refractivity contribution >= 4 is 26.9 Å². The maximum Gasteiger partial charge on any atom is 0.332 e. The summed E-state index contributed by atoms with van der Waals surface area (Å²) in [4.78, 5) is 29.1. The minimum absolute atomic E-state index is 0.301. The number of sulfonamides is 1. The third-order valence-electron chi connectivity index (χ3n) is 5.96. The van der Waals surface area contributed by atoms with Gasteiger partial charge in [-0.25, -0.2) is 18.2 Å². The Morgan fingerprint density at radius 1 is 0.969 bits per heavy atom. The highest BCUT2D eigenvalue weighted by atomic mass is 32.2. The van der Waals surface area contributed by atoms with Gasteiger partial charge >= 0.3 is 5.69 Å². The Morgan fingerprint density at radius 3 is 2.28 bits per heavy atom. The summed E-state index contributed by atoms with van der Waals surface area (Å²) >= 11 is 0. The van der Waals surface area contributed by atoms with Crippen LogP contribution in [-0.4, -0.2) is 51.0 Å². The number of hydrogen-bond acceptors (Lipinski definition) is 6. The SMILES string of the molecule is Cn1c(=O)c2c(ncn2CCNc2ccc(S(=O)(=O)N3CCCCCC3)cc2)n(C)c1=O. The summed E-state index contributed by atoms with van der Waals surface area (Å²) in [6.07, 6.45) is 5.50. The molecule has 0 aliphatic carbocycles. The van der Waals surface area contributed by atoms with Crippen LogP contribution in [0.3, 0.4) is 0 Å². The molecule has 0 unspecified atom stereocenters. The molecule has 1 N–H and O–H groups in total. The molecule has 0 bridgehead atoms. The third kappa shape index (κ3) is 4.09. The zero-order chi connectivity index (χ0) is 22.9. The van der Waals surface area contributed by atoms with Crippen molar-refractivity contribution in [2.45, 2.75) is 37.1 Å². The number of benzene rings is 1. The largest absolute Gasteiger partial charge is 0.383 e. The lowest BCUT2D eigenvalue weighted by Crippen LogP contribution is -2.37. The Labute approximate surface area is 186 Å². The van der Waals surface area contributed by atoms with Crippen LogP contribution in [0.4, 0.5) is 5.69 Å². The van der Waals surface area contributed by atoms with Crippen molar-refractivity contribution in [2.75, 3.05) is 25.0 Å². The van der Waals surface area contributed by atoms with E-state index < -0.39 is 15.7 Å². The molecular weight excluding hydrogens is 432 g/mol. The summed E-state index contributed by atoms with van der Waals surface area (Å²) in [5, 5.41) is 3.24. The third-order valence-corrected chi connectivity index (χ3v) is 7.87. The quantitative estimate of drug-likeness (QED) is 0.590. The first-order valence-electron chi connectivity index (χ1n) is 10.8. The van der Waals surface area contributed by atoms with Gasteiger partial charge in [0.15, 0.2) is 11.2 Å². The van der Waals surface area contributed by atoms with Crippen LogP contribution in [0.15, 0.2) is 45.1 Å². The average molecular weight is 461 g/mol. The molecule has 32 heavy (non-hydrogen) atoms. The summed E-state index contributed by atoms with van der Waals surface area (Å²) in [7, 11) is -0.441. The molecule has 172 valence electrons. The summed E-state index contributed by atoms with van der Waals surface area (Å²) in [6.45, 7) is 2.10. The van der Waals surface area contributed by atoms with Gasteiger partial charge in [0.1, 0.15) is 0 Å². The van der Waals surface area contributed by atoms with Crippen molar-refractivity contribution in [2.24, 2.45) is 14.1 Å². The number of imidazole rings is 1. The molecule has 3 heterocycles. The van der Waals surface area contributed by atoms with Gasteiger partial charge in [-0.1, -0.05) is 12.8 Å². The number of hydrogen-bond donors (Lipinski definition) is 1. The van der Waals surface area contributed by atoms with E-state index >= 15 is 0 Å². The van der Waals surface area contributed by atoms with Crippen molar-refractivity contribution in [1.29, 1.82) is 0 Å². The van der Waals surface area contributed by atoms with Crippen LogP contribution >= 0.6 is 0 Å². The smallest absolute Gasteiger partial charge is 0.332 e. The van der Waals surface area contributed by atoms with Crippen LogP contribution in [0.2, 0.25) is 0 Å². The first-order chi connectivity index (χ1) is 15.3. The van der Waals surface area contributed by atoms with Gasteiger partial charge in [0.25, 0.3) is 5.56 Å². The van der Waals surface area contributed by atoms with E-state index in [1.165, 1.54) is 11.6 Å². The Bertz CT molecular complexity index is 1330. The van der Waals surface area contributed by atoms with Gasteiger partial charge in [0.2, 0.25) is 10.0 Å². The van der Waals surface area contributed by atoms with Crippen molar-refractivity contribution in [1.82, 2.24) is 23.0 Å². The lowest BCUT2D eigenvalue weighted by Gasteiger charge is -2.20. The number of nitrogens with one attached hydrogen (secondary N) is 1. The minimum atomic E-state index is -3.47. The van der Waals surface area contributed by atoms with Crippen LogP contribution in [-0.2, 0) is 30.7 Å². The highest BCUT2D eigenvalue weighted by Gasteiger charge is 2.24. The van der Waals surface area contributed by atoms with Crippen molar-refractivity contribution in [3.8, 4) is 0 Å². The first kappa shape index (κ1) is 22.3. The van der Waals surface area contributed by atoms with Crippen LogP contribution < -0.4 is 16.6 Å². The van der Waals surface area contributed by atoms with Crippen molar-refractivity contribution in [3.05, 3.63) is 51.4 Å². The Hall–Kier alpha value is -2.92. The van der Waals surface area contributed by atoms with Gasteiger partial charge in [0, 0.05) is 46.0 Å². The predicted molar refractivity (Wildman–Crippen MR) is 122 cm³/mol. The maximum absolute atomic E-state index is 12.9. The average Bonchev–Trinajstić information content (AvgIpc) is 3.01. The number of anilines is 1. The first-order valence-corrected chi connectivity index (χ1v) is 12.2. The second-order valence-electron chi connectivity index (χ2n) is 8.09. The van der Waals surface area contributed by atoms with E-state index in [0.29, 0.717) is 42.2 Å². The maximum atomic E-state index is 12.9. The molecule has 1 saturated heterocycles. The van der Waals surface area contributed by atoms with Crippen LogP contribution in [0.5, 0.6) is 0 Å². The van der Waals surface area contributed by atoms with Gasteiger partial charge in [-0.05, 0) is 37.1 Å². The molecule has 11 heteroatoms. The van der Waals surface area contributed by atoms with Crippen LogP contribution in [0.25, 0.3) is 11.2 Å². The lowest BCUT2D eigenvalue weighted by atomic mass is 10.2.